The van der Waals surface area contributed by atoms with Gasteiger partial charge in [0, 0.05) is 24.0 Å². The number of carbonyl (C=O) groups is 2. The summed E-state index contributed by atoms with van der Waals surface area (Å²) in [7, 11) is 0. The molecule has 3 rings (SSSR count). The van der Waals surface area contributed by atoms with E-state index in [1.54, 1.807) is 4.90 Å². The molecule has 0 aliphatic carbocycles. The van der Waals surface area contributed by atoms with Crippen LogP contribution >= 0.6 is 15.9 Å². The third-order valence-corrected chi connectivity index (χ3v) is 5.26. The van der Waals surface area contributed by atoms with Crippen molar-refractivity contribution >= 4 is 33.4 Å². The zero-order chi connectivity index (χ0) is 17.8. The van der Waals surface area contributed by atoms with E-state index in [1.165, 1.54) is 5.56 Å². The van der Waals surface area contributed by atoms with E-state index in [9.17, 15) is 9.59 Å². The van der Waals surface area contributed by atoms with Crippen molar-refractivity contribution in [1.29, 1.82) is 0 Å². The van der Waals surface area contributed by atoms with Crippen LogP contribution in [0.1, 0.15) is 24.8 Å². The fraction of sp³-hybridized carbons (Fsp3) is 0.300. The highest BCUT2D eigenvalue weighted by Gasteiger charge is 2.35. The zero-order valence-corrected chi connectivity index (χ0v) is 15.7. The quantitative estimate of drug-likeness (QED) is 0.830. The average molecular weight is 401 g/mol. The Morgan fingerprint density at radius 3 is 2.60 bits per heavy atom. The lowest BCUT2D eigenvalue weighted by molar-refractivity contribution is -0.126. The molecular weight excluding hydrogens is 380 g/mol. The number of benzene rings is 2. The van der Waals surface area contributed by atoms with Crippen LogP contribution in [0.5, 0.6) is 0 Å². The predicted molar refractivity (Wildman–Crippen MR) is 102 cm³/mol. The summed E-state index contributed by atoms with van der Waals surface area (Å²) < 4.78 is 0.863. The fourth-order valence-corrected chi connectivity index (χ4v) is 3.58. The second-order valence-corrected chi connectivity index (χ2v) is 7.27. The van der Waals surface area contributed by atoms with Crippen molar-refractivity contribution in [2.75, 3.05) is 18.0 Å². The number of hydrogen-bond acceptors (Lipinski definition) is 2. The Morgan fingerprint density at radius 2 is 1.88 bits per heavy atom. The normalized spacial score (nSPS) is 18.2. The molecule has 0 spiro atoms. The molecule has 2 aromatic carbocycles. The van der Waals surface area contributed by atoms with Gasteiger partial charge < -0.3 is 10.2 Å². The first kappa shape index (κ1) is 17.7. The number of nitrogens with one attached hydrogen (secondary N) is 1. The minimum atomic E-state index is -0.303. The number of rotatable bonds is 5. The van der Waals surface area contributed by atoms with E-state index in [0.29, 0.717) is 13.1 Å². The van der Waals surface area contributed by atoms with Crippen LogP contribution in [0.3, 0.4) is 0 Å². The first-order valence-electron chi connectivity index (χ1n) is 8.44. The minimum absolute atomic E-state index is 0.0110. The topological polar surface area (TPSA) is 49.4 Å². The van der Waals surface area contributed by atoms with Gasteiger partial charge >= 0.3 is 0 Å². The summed E-state index contributed by atoms with van der Waals surface area (Å²) in [5, 5.41) is 3.00. The molecule has 1 N–H and O–H groups in total. The largest absolute Gasteiger partial charge is 0.355 e. The Bertz CT molecular complexity index is 763. The van der Waals surface area contributed by atoms with Crippen molar-refractivity contribution in [2.45, 2.75) is 19.3 Å². The second-order valence-electron chi connectivity index (χ2n) is 6.41. The molecule has 2 amide bonds. The summed E-state index contributed by atoms with van der Waals surface area (Å²) in [6, 6.07) is 17.7. The summed E-state index contributed by atoms with van der Waals surface area (Å²) in [5.41, 5.74) is 2.01. The molecule has 1 fully saturated rings. The number of anilines is 1. The van der Waals surface area contributed by atoms with Crippen molar-refractivity contribution in [2.24, 2.45) is 5.92 Å². The number of halogens is 1. The molecule has 1 saturated heterocycles. The van der Waals surface area contributed by atoms with Gasteiger partial charge in [0.05, 0.1) is 11.6 Å². The second kappa shape index (κ2) is 7.83. The molecule has 130 valence electrons. The molecule has 0 saturated carbocycles. The lowest BCUT2D eigenvalue weighted by atomic mass is 10.0. The Balaban J connectivity index is 1.59. The van der Waals surface area contributed by atoms with Gasteiger partial charge in [-0.05, 0) is 39.5 Å². The molecule has 0 bridgehead atoms. The fourth-order valence-electron chi connectivity index (χ4n) is 3.08. The maximum atomic E-state index is 12.5. The summed E-state index contributed by atoms with van der Waals surface area (Å²) >= 11 is 3.47. The summed E-state index contributed by atoms with van der Waals surface area (Å²) in [5.74, 6) is -0.127. The Kier molecular flexibility index (Phi) is 5.53. The number of para-hydroxylation sites is 1. The van der Waals surface area contributed by atoms with Crippen molar-refractivity contribution in [3.63, 3.8) is 0 Å². The lowest BCUT2D eigenvalue weighted by Crippen LogP contribution is -2.35. The Hall–Kier alpha value is -2.14. The molecule has 1 heterocycles. The van der Waals surface area contributed by atoms with E-state index < -0.39 is 0 Å². The first-order valence-corrected chi connectivity index (χ1v) is 9.23. The maximum Gasteiger partial charge on any atom is 0.227 e. The Labute approximate surface area is 156 Å². The van der Waals surface area contributed by atoms with Crippen molar-refractivity contribution in [3.05, 3.63) is 64.6 Å². The van der Waals surface area contributed by atoms with E-state index in [0.717, 1.165) is 10.2 Å². The average Bonchev–Trinajstić information content (AvgIpc) is 3.02. The molecule has 2 atom stereocenters. The highest BCUT2D eigenvalue weighted by Crippen LogP contribution is 2.31. The maximum absolute atomic E-state index is 12.5. The van der Waals surface area contributed by atoms with Gasteiger partial charge in [0.25, 0.3) is 0 Å². The molecule has 0 radical (unpaired) electrons. The van der Waals surface area contributed by atoms with Gasteiger partial charge in [-0.25, -0.2) is 0 Å². The van der Waals surface area contributed by atoms with Crippen molar-refractivity contribution in [3.8, 4) is 0 Å². The first-order chi connectivity index (χ1) is 12.1. The lowest BCUT2D eigenvalue weighted by Gasteiger charge is -2.19. The molecular formula is C20H21BrN2O2. The zero-order valence-electron chi connectivity index (χ0n) is 14.1. The van der Waals surface area contributed by atoms with Crippen LogP contribution in [0.15, 0.2) is 59.1 Å². The number of nitrogens with zero attached hydrogens (tertiary/aromatic N) is 1. The van der Waals surface area contributed by atoms with E-state index in [4.69, 9.17) is 0 Å². The molecule has 2 aromatic rings. The molecule has 1 aliphatic rings. The number of amides is 2. The standard InChI is InChI=1S/C20H21BrN2O2/c1-14(15-7-3-2-4-8-15)12-22-20(25)16-11-19(24)23(13-16)18-10-6-5-9-17(18)21/h2-10,14,16H,11-13H2,1H3,(H,22,25). The van der Waals surface area contributed by atoms with Crippen LogP contribution < -0.4 is 10.2 Å². The summed E-state index contributed by atoms with van der Waals surface area (Å²) in [6.07, 6.45) is 0.257. The summed E-state index contributed by atoms with van der Waals surface area (Å²) in [4.78, 5) is 26.5. The van der Waals surface area contributed by atoms with Gasteiger partial charge in [-0.2, -0.15) is 0 Å². The van der Waals surface area contributed by atoms with Crippen LogP contribution in [0.25, 0.3) is 0 Å². The monoisotopic (exact) mass is 400 g/mol. The number of carbonyl (C=O) groups excluding carboxylic acids is 2. The van der Waals surface area contributed by atoms with Crippen molar-refractivity contribution < 1.29 is 9.59 Å². The van der Waals surface area contributed by atoms with Gasteiger partial charge in [-0.3, -0.25) is 9.59 Å². The van der Waals surface area contributed by atoms with E-state index in [2.05, 4.69) is 40.3 Å². The van der Waals surface area contributed by atoms with E-state index in [1.807, 2.05) is 42.5 Å². The molecule has 0 aromatic heterocycles. The SMILES string of the molecule is CC(CNC(=O)C1CC(=O)N(c2ccccc2Br)C1)c1ccccc1. The van der Waals surface area contributed by atoms with Crippen LogP contribution in [-0.4, -0.2) is 24.9 Å². The Morgan fingerprint density at radius 1 is 1.20 bits per heavy atom. The van der Waals surface area contributed by atoms with Crippen LogP contribution in [0.4, 0.5) is 5.69 Å². The molecule has 25 heavy (non-hydrogen) atoms. The molecule has 4 nitrogen and oxygen atoms in total. The van der Waals surface area contributed by atoms with Crippen LogP contribution in [-0.2, 0) is 9.59 Å². The van der Waals surface area contributed by atoms with Gasteiger partial charge in [0.2, 0.25) is 11.8 Å². The van der Waals surface area contributed by atoms with E-state index >= 15 is 0 Å². The van der Waals surface area contributed by atoms with Crippen LogP contribution in [0, 0.1) is 5.92 Å². The molecule has 2 unspecified atom stereocenters. The third-order valence-electron chi connectivity index (χ3n) is 4.59. The van der Waals surface area contributed by atoms with Crippen LogP contribution in [0.2, 0.25) is 0 Å². The van der Waals surface area contributed by atoms with E-state index in [-0.39, 0.29) is 30.1 Å². The highest BCUT2D eigenvalue weighted by molar-refractivity contribution is 9.10. The minimum Gasteiger partial charge on any atom is -0.355 e. The number of hydrogen-bond donors (Lipinski definition) is 1. The highest BCUT2D eigenvalue weighted by atomic mass is 79.9. The smallest absolute Gasteiger partial charge is 0.227 e. The van der Waals surface area contributed by atoms with Gasteiger partial charge in [0.15, 0.2) is 0 Å². The van der Waals surface area contributed by atoms with Gasteiger partial charge in [-0.1, -0.05) is 49.4 Å². The van der Waals surface area contributed by atoms with Gasteiger partial charge in [0.1, 0.15) is 0 Å². The molecule has 1 aliphatic heterocycles. The third kappa shape index (κ3) is 4.10. The summed E-state index contributed by atoms with van der Waals surface area (Å²) in [6.45, 7) is 3.08. The van der Waals surface area contributed by atoms with Gasteiger partial charge in [-0.15, -0.1) is 0 Å². The predicted octanol–water partition coefficient (Wildman–Crippen LogP) is 3.72. The molecule has 5 heteroatoms. The van der Waals surface area contributed by atoms with Crippen molar-refractivity contribution in [1.82, 2.24) is 5.32 Å².